The minimum absolute atomic E-state index is 0.00823. The van der Waals surface area contributed by atoms with Gasteiger partial charge in [-0.15, -0.1) is 0 Å². The molecule has 1 amide bonds. The maximum atomic E-state index is 13.7. The molecule has 1 aliphatic rings. The number of hydrogen-bond acceptors (Lipinski definition) is 6. The molecule has 0 bridgehead atoms. The molecule has 0 aromatic heterocycles. The van der Waals surface area contributed by atoms with E-state index >= 15 is 0 Å². The van der Waals surface area contributed by atoms with Crippen LogP contribution in [0.25, 0.3) is 0 Å². The summed E-state index contributed by atoms with van der Waals surface area (Å²) in [6.45, 7) is 29.3. The molecule has 1 rings (SSSR count). The lowest BCUT2D eigenvalue weighted by atomic mass is 9.77. The molecule has 0 aliphatic carbocycles. The number of hydrogen-bond donors (Lipinski definition) is 0. The maximum Gasteiger partial charge on any atom is 0.508 e. The highest BCUT2D eigenvalue weighted by Crippen LogP contribution is 2.49. The van der Waals surface area contributed by atoms with Crippen LogP contribution < -0.4 is 0 Å². The van der Waals surface area contributed by atoms with Crippen molar-refractivity contribution in [3.8, 4) is 0 Å². The third-order valence-corrected chi connectivity index (χ3v) is 18.3. The number of nitrogens with zero attached hydrogens (tertiary/aromatic N) is 1. The summed E-state index contributed by atoms with van der Waals surface area (Å²) in [5.41, 5.74) is 0. The molecule has 7 nitrogen and oxygen atoms in total. The normalized spacial score (nSPS) is 21.5. The lowest BCUT2D eigenvalue weighted by Gasteiger charge is -2.61. The topological polar surface area (TPSA) is 82.1 Å². The van der Waals surface area contributed by atoms with Crippen LogP contribution in [0, 0.1) is 17.8 Å². The Morgan fingerprint density at radius 3 is 1.86 bits per heavy atom. The van der Waals surface area contributed by atoms with E-state index in [1.54, 1.807) is 0 Å². The summed E-state index contributed by atoms with van der Waals surface area (Å²) in [7, 11) is -4.37. The number of Topliss-reactive ketones (excluding diaryl/α,β-unsaturated/α-hetero) is 1. The van der Waals surface area contributed by atoms with E-state index in [1.165, 1.54) is 0 Å². The predicted octanol–water partition coefficient (Wildman–Crippen LogP) is 6.24. The van der Waals surface area contributed by atoms with Crippen LogP contribution in [0.1, 0.15) is 69.2 Å². The van der Waals surface area contributed by atoms with Gasteiger partial charge in [0.2, 0.25) is 5.91 Å². The van der Waals surface area contributed by atoms with Crippen molar-refractivity contribution in [2.45, 2.75) is 118 Å². The van der Waals surface area contributed by atoms with Crippen LogP contribution >= 0.6 is 0 Å². The van der Waals surface area contributed by atoms with Gasteiger partial charge in [-0.05, 0) is 36.0 Å². The van der Waals surface area contributed by atoms with Gasteiger partial charge in [0.25, 0.3) is 0 Å². The smallest absolute Gasteiger partial charge is 0.434 e. The van der Waals surface area contributed by atoms with E-state index in [0.29, 0.717) is 0 Å². The van der Waals surface area contributed by atoms with Crippen LogP contribution in [0.5, 0.6) is 0 Å². The average Bonchev–Trinajstić information content (AvgIpc) is 2.65. The van der Waals surface area contributed by atoms with E-state index in [2.05, 4.69) is 67.7 Å². The first-order valence-electron chi connectivity index (χ1n) is 12.9. The molecule has 1 fully saturated rings. The highest BCUT2D eigenvalue weighted by atomic mass is 28.4. The highest BCUT2D eigenvalue weighted by molar-refractivity contribution is 6.80. The summed E-state index contributed by atoms with van der Waals surface area (Å²) in [6, 6.07) is -0.286. The van der Waals surface area contributed by atoms with Crippen molar-refractivity contribution in [1.82, 2.24) is 4.57 Å². The number of ketones is 1. The van der Waals surface area contributed by atoms with E-state index in [0.717, 1.165) is 0 Å². The van der Waals surface area contributed by atoms with Crippen molar-refractivity contribution in [1.29, 1.82) is 0 Å². The second kappa shape index (κ2) is 11.0. The van der Waals surface area contributed by atoms with Crippen LogP contribution in [0.2, 0.25) is 36.3 Å². The molecule has 1 saturated heterocycles. The molecular weight excluding hydrogens is 478 g/mol. The first kappa shape index (κ1) is 31.8. The van der Waals surface area contributed by atoms with Gasteiger partial charge in [-0.1, -0.05) is 75.4 Å². The van der Waals surface area contributed by atoms with Crippen molar-refractivity contribution in [3.63, 3.8) is 0 Å². The van der Waals surface area contributed by atoms with Gasteiger partial charge in [0.05, 0.1) is 18.6 Å². The first-order chi connectivity index (χ1) is 15.6. The molecule has 1 heterocycles. The molecule has 0 saturated carbocycles. The zero-order valence-corrected chi connectivity index (χ0v) is 26.7. The Hall–Kier alpha value is -1.20. The van der Waals surface area contributed by atoms with Gasteiger partial charge in [0, 0.05) is 12.0 Å². The van der Waals surface area contributed by atoms with Gasteiger partial charge in [-0.2, -0.15) is 0 Å². The fraction of sp³-hybridized carbons (Fsp3) is 0.885. The number of carbonyl (C=O) groups excluding carboxylic acids is 3. The molecule has 9 heteroatoms. The Bertz CT molecular complexity index is 782. The molecule has 0 spiro atoms. The summed E-state index contributed by atoms with van der Waals surface area (Å²) < 4.78 is 18.8. The number of amides is 1. The molecular formula is C26H51NO6Si2. The largest absolute Gasteiger partial charge is 0.508 e. The molecule has 0 N–H and O–H groups in total. The molecule has 0 radical (unpaired) electrons. The molecule has 4 atom stereocenters. The summed E-state index contributed by atoms with van der Waals surface area (Å²) in [5, 5.41) is -0.0659. The molecule has 204 valence electrons. The summed E-state index contributed by atoms with van der Waals surface area (Å²) in [5.74, 6) is -0.846. The lowest BCUT2D eigenvalue weighted by Crippen LogP contribution is -2.77. The zero-order valence-electron chi connectivity index (χ0n) is 24.7. The van der Waals surface area contributed by atoms with Crippen molar-refractivity contribution >= 4 is 34.4 Å². The van der Waals surface area contributed by atoms with Crippen LogP contribution in [0.4, 0.5) is 4.79 Å². The van der Waals surface area contributed by atoms with Crippen LogP contribution in [0.3, 0.4) is 0 Å². The van der Waals surface area contributed by atoms with Crippen LogP contribution in [0.15, 0.2) is 0 Å². The zero-order chi connectivity index (χ0) is 27.7. The van der Waals surface area contributed by atoms with Crippen molar-refractivity contribution < 1.29 is 28.3 Å². The minimum Gasteiger partial charge on any atom is -0.434 e. The Morgan fingerprint density at radius 1 is 0.914 bits per heavy atom. The van der Waals surface area contributed by atoms with Gasteiger partial charge in [-0.3, -0.25) is 9.59 Å². The predicted molar refractivity (Wildman–Crippen MR) is 145 cm³/mol. The van der Waals surface area contributed by atoms with Gasteiger partial charge in [0.1, 0.15) is 0 Å². The van der Waals surface area contributed by atoms with E-state index in [1.807, 2.05) is 32.3 Å². The third-order valence-electron chi connectivity index (χ3n) is 8.31. The highest BCUT2D eigenvalue weighted by Gasteiger charge is 2.61. The van der Waals surface area contributed by atoms with Gasteiger partial charge >= 0.3 is 6.16 Å². The molecule has 0 aromatic carbocycles. The van der Waals surface area contributed by atoms with E-state index in [-0.39, 0.29) is 53.0 Å². The van der Waals surface area contributed by atoms with E-state index < -0.39 is 34.5 Å². The second-order valence-corrected chi connectivity index (χ2v) is 23.5. The van der Waals surface area contributed by atoms with Gasteiger partial charge in [-0.25, -0.2) is 4.79 Å². The Kier molecular flexibility index (Phi) is 10.0. The van der Waals surface area contributed by atoms with Crippen LogP contribution in [-0.2, 0) is 23.5 Å². The molecule has 1 aliphatic heterocycles. The first-order valence-corrected chi connectivity index (χ1v) is 18.7. The Labute approximate surface area is 215 Å². The third kappa shape index (κ3) is 7.19. The summed E-state index contributed by atoms with van der Waals surface area (Å²) in [4.78, 5) is 38.7. The average molecular weight is 530 g/mol. The number of β-lactam (4-membered cyclic amide) rings is 1. The molecule has 35 heavy (non-hydrogen) atoms. The van der Waals surface area contributed by atoms with Crippen LogP contribution in [-0.4, -0.2) is 64.3 Å². The Morgan fingerprint density at radius 2 is 1.43 bits per heavy atom. The number of rotatable bonds is 10. The fourth-order valence-electron chi connectivity index (χ4n) is 4.00. The number of carbonyl (C=O) groups is 3. The standard InChI is InChI=1S/C26H51NO6Si2/c1-17(2)15-31-24(30)32-16-20(28)18(3)22-21(19(4)33-35(13,14)26(8,9)10)23(29)27(22)34(11,12)25(5,6)7/h17-19,21-22H,15-16H2,1-14H3/t18-,19+,21?,22?/m0/s1. The van der Waals surface area contributed by atoms with Crippen molar-refractivity contribution in [2.75, 3.05) is 13.2 Å². The lowest BCUT2D eigenvalue weighted by molar-refractivity contribution is -0.160. The Balaban J connectivity index is 3.18. The van der Waals surface area contributed by atoms with Gasteiger partial charge in [0.15, 0.2) is 28.9 Å². The second-order valence-electron chi connectivity index (χ2n) is 13.6. The monoisotopic (exact) mass is 529 g/mol. The van der Waals surface area contributed by atoms with E-state index in [4.69, 9.17) is 13.9 Å². The number of ether oxygens (including phenoxy) is 2. The summed E-state index contributed by atoms with van der Waals surface area (Å²) in [6.07, 6.45) is -1.14. The fourth-order valence-corrected chi connectivity index (χ4v) is 7.98. The molecule has 2 unspecified atom stereocenters. The maximum absolute atomic E-state index is 13.7. The minimum atomic E-state index is -2.25. The van der Waals surface area contributed by atoms with Gasteiger partial charge < -0.3 is 18.5 Å². The quantitative estimate of drug-likeness (QED) is 0.189. The molecule has 0 aromatic rings. The SMILES string of the molecule is CC(C)COC(=O)OCC(=O)[C@H](C)C1C([C@@H](C)O[Si](C)(C)C(C)(C)C)C(=O)N1[Si](C)(C)C(C)(C)C. The van der Waals surface area contributed by atoms with Crippen molar-refractivity contribution in [2.24, 2.45) is 17.8 Å². The van der Waals surface area contributed by atoms with Crippen molar-refractivity contribution in [3.05, 3.63) is 0 Å². The van der Waals surface area contributed by atoms with E-state index in [9.17, 15) is 14.4 Å². The summed E-state index contributed by atoms with van der Waals surface area (Å²) >= 11 is 0.